The molecule has 0 fully saturated rings. The van der Waals surface area contributed by atoms with Gasteiger partial charge in [0.05, 0.1) is 11.9 Å². The average molecular weight is 135 g/mol. The van der Waals surface area contributed by atoms with Gasteiger partial charge in [-0.2, -0.15) is 0 Å². The average Bonchev–Trinajstić information content (AvgIpc) is 1.88. The van der Waals surface area contributed by atoms with Gasteiger partial charge in [0.1, 0.15) is 6.20 Å². The van der Waals surface area contributed by atoms with Crippen LogP contribution in [0, 0.1) is 6.20 Å². The van der Waals surface area contributed by atoms with Crippen LogP contribution in [0.5, 0.6) is 0 Å². The second-order valence-corrected chi connectivity index (χ2v) is 3.28. The van der Waals surface area contributed by atoms with Crippen LogP contribution in [0.1, 0.15) is 26.5 Å². The molecule has 0 amide bonds. The van der Waals surface area contributed by atoms with E-state index in [1.807, 2.05) is 0 Å². The molecule has 1 radical (unpaired) electrons. The van der Waals surface area contributed by atoms with Gasteiger partial charge in [-0.1, -0.05) is 20.8 Å². The van der Waals surface area contributed by atoms with Crippen molar-refractivity contribution in [1.29, 1.82) is 0 Å². The molecule has 0 aliphatic heterocycles. The fourth-order valence-corrected chi connectivity index (χ4v) is 0.651. The Morgan fingerprint density at radius 2 is 2.10 bits per heavy atom. The standard InChI is InChI=1S/C8H11N2/c1-8(2,3)7-6-9-4-5-10-7/h5-6H,1-3H3. The van der Waals surface area contributed by atoms with Crippen molar-refractivity contribution >= 4 is 0 Å². The summed E-state index contributed by atoms with van der Waals surface area (Å²) in [5, 5.41) is 0. The van der Waals surface area contributed by atoms with Crippen molar-refractivity contribution in [2.24, 2.45) is 0 Å². The molecular weight excluding hydrogens is 124 g/mol. The summed E-state index contributed by atoms with van der Waals surface area (Å²) in [5.41, 5.74) is 1.11. The van der Waals surface area contributed by atoms with Crippen molar-refractivity contribution in [2.75, 3.05) is 0 Å². The second-order valence-electron chi connectivity index (χ2n) is 3.28. The lowest BCUT2D eigenvalue weighted by Crippen LogP contribution is -2.13. The minimum atomic E-state index is 0.0993. The van der Waals surface area contributed by atoms with Crippen LogP contribution >= 0.6 is 0 Å². The van der Waals surface area contributed by atoms with Crippen molar-refractivity contribution in [3.05, 3.63) is 24.3 Å². The lowest BCUT2D eigenvalue weighted by molar-refractivity contribution is 0.565. The van der Waals surface area contributed by atoms with E-state index in [9.17, 15) is 0 Å². The third-order valence-electron chi connectivity index (χ3n) is 1.29. The molecule has 0 N–H and O–H groups in total. The lowest BCUT2D eigenvalue weighted by atomic mass is 9.93. The Hall–Kier alpha value is -0.920. The van der Waals surface area contributed by atoms with Crippen LogP contribution in [0.25, 0.3) is 0 Å². The fraction of sp³-hybridized carbons (Fsp3) is 0.500. The van der Waals surface area contributed by atoms with Crippen molar-refractivity contribution in [1.82, 2.24) is 9.97 Å². The van der Waals surface area contributed by atoms with E-state index in [4.69, 9.17) is 0 Å². The summed E-state index contributed by atoms with van der Waals surface area (Å²) in [5.74, 6) is 0. The maximum atomic E-state index is 4.13. The SMILES string of the molecule is CC(C)(C)c1cn[c]cn1. The predicted octanol–water partition coefficient (Wildman–Crippen LogP) is 1.57. The molecule has 1 aromatic rings. The normalized spacial score (nSPS) is 11.5. The molecule has 0 unspecified atom stereocenters. The zero-order chi connectivity index (χ0) is 7.61. The van der Waals surface area contributed by atoms with Crippen LogP contribution in [-0.2, 0) is 5.41 Å². The van der Waals surface area contributed by atoms with Gasteiger partial charge in [-0.3, -0.25) is 9.97 Å². The van der Waals surface area contributed by atoms with E-state index in [-0.39, 0.29) is 5.41 Å². The van der Waals surface area contributed by atoms with Crippen LogP contribution in [0.2, 0.25) is 0 Å². The minimum absolute atomic E-state index is 0.0993. The number of aromatic nitrogens is 2. The maximum absolute atomic E-state index is 4.13. The van der Waals surface area contributed by atoms with E-state index in [0.717, 1.165) is 5.69 Å². The Balaban J connectivity index is 2.97. The first kappa shape index (κ1) is 7.19. The van der Waals surface area contributed by atoms with Crippen molar-refractivity contribution in [2.45, 2.75) is 26.2 Å². The van der Waals surface area contributed by atoms with Gasteiger partial charge in [-0.15, -0.1) is 0 Å². The predicted molar refractivity (Wildman–Crippen MR) is 39.6 cm³/mol. The van der Waals surface area contributed by atoms with Gasteiger partial charge in [-0.25, -0.2) is 0 Å². The van der Waals surface area contributed by atoms with Crippen molar-refractivity contribution < 1.29 is 0 Å². The summed E-state index contributed by atoms with van der Waals surface area (Å²) in [6.07, 6.45) is 5.99. The zero-order valence-electron chi connectivity index (χ0n) is 6.55. The summed E-state index contributed by atoms with van der Waals surface area (Å²) < 4.78 is 0. The smallest absolute Gasteiger partial charge is 0.108 e. The fourth-order valence-electron chi connectivity index (χ4n) is 0.651. The summed E-state index contributed by atoms with van der Waals surface area (Å²) in [6.45, 7) is 6.32. The van der Waals surface area contributed by atoms with E-state index in [0.29, 0.717) is 0 Å². The van der Waals surface area contributed by atoms with Gasteiger partial charge >= 0.3 is 0 Å². The molecule has 0 aromatic carbocycles. The van der Waals surface area contributed by atoms with E-state index in [2.05, 4.69) is 36.9 Å². The highest BCUT2D eigenvalue weighted by Gasteiger charge is 2.14. The van der Waals surface area contributed by atoms with Crippen molar-refractivity contribution in [3.63, 3.8) is 0 Å². The first-order valence-electron chi connectivity index (χ1n) is 3.29. The number of nitrogens with zero attached hydrogens (tertiary/aromatic N) is 2. The van der Waals surface area contributed by atoms with Gasteiger partial charge in [0, 0.05) is 11.6 Å². The molecule has 0 aliphatic rings. The Labute approximate surface area is 61.3 Å². The molecular formula is C8H11N2. The first-order chi connectivity index (χ1) is 4.61. The Morgan fingerprint density at radius 1 is 1.40 bits per heavy atom. The highest BCUT2D eigenvalue weighted by atomic mass is 14.8. The number of hydrogen-bond donors (Lipinski definition) is 0. The second kappa shape index (κ2) is 2.37. The Morgan fingerprint density at radius 3 is 2.40 bits per heavy atom. The van der Waals surface area contributed by atoms with Crippen LogP contribution in [-0.4, -0.2) is 9.97 Å². The molecule has 53 valence electrons. The highest BCUT2D eigenvalue weighted by Crippen LogP contribution is 2.17. The topological polar surface area (TPSA) is 25.8 Å². The molecule has 0 bridgehead atoms. The lowest BCUT2D eigenvalue weighted by Gasteiger charge is -2.15. The molecule has 10 heavy (non-hydrogen) atoms. The number of hydrogen-bond acceptors (Lipinski definition) is 2. The quantitative estimate of drug-likeness (QED) is 0.539. The van der Waals surface area contributed by atoms with Gasteiger partial charge in [0.25, 0.3) is 0 Å². The van der Waals surface area contributed by atoms with E-state index < -0.39 is 0 Å². The third kappa shape index (κ3) is 1.53. The largest absolute Gasteiger partial charge is 0.257 e. The van der Waals surface area contributed by atoms with Gasteiger partial charge in [0.15, 0.2) is 0 Å². The summed E-state index contributed by atoms with van der Waals surface area (Å²) in [7, 11) is 0. The molecule has 0 saturated carbocycles. The monoisotopic (exact) mass is 135 g/mol. The zero-order valence-corrected chi connectivity index (χ0v) is 6.55. The molecule has 0 atom stereocenters. The molecule has 0 saturated heterocycles. The van der Waals surface area contributed by atoms with E-state index >= 15 is 0 Å². The first-order valence-corrected chi connectivity index (χ1v) is 3.29. The van der Waals surface area contributed by atoms with Gasteiger partial charge in [-0.05, 0) is 0 Å². The van der Waals surface area contributed by atoms with Crippen molar-refractivity contribution in [3.8, 4) is 0 Å². The summed E-state index contributed by atoms with van der Waals surface area (Å²) in [4.78, 5) is 8.00. The molecule has 1 aromatic heterocycles. The maximum Gasteiger partial charge on any atom is 0.108 e. The molecule has 0 spiro atoms. The number of rotatable bonds is 0. The van der Waals surface area contributed by atoms with Crippen LogP contribution in [0.3, 0.4) is 0 Å². The van der Waals surface area contributed by atoms with Gasteiger partial charge < -0.3 is 0 Å². The van der Waals surface area contributed by atoms with E-state index in [1.54, 1.807) is 12.4 Å². The molecule has 2 heteroatoms. The Kier molecular flexibility index (Phi) is 1.70. The summed E-state index contributed by atoms with van der Waals surface area (Å²) in [6, 6.07) is 0. The minimum Gasteiger partial charge on any atom is -0.257 e. The molecule has 0 aliphatic carbocycles. The highest BCUT2D eigenvalue weighted by molar-refractivity contribution is 5.06. The van der Waals surface area contributed by atoms with E-state index in [1.165, 1.54) is 0 Å². The molecule has 1 rings (SSSR count). The van der Waals surface area contributed by atoms with Gasteiger partial charge in [0.2, 0.25) is 0 Å². The molecule has 2 nitrogen and oxygen atoms in total. The molecule has 1 heterocycles. The van der Waals surface area contributed by atoms with Crippen LogP contribution < -0.4 is 0 Å². The Bertz CT molecular complexity index is 198. The van der Waals surface area contributed by atoms with Crippen LogP contribution in [0.4, 0.5) is 0 Å². The summed E-state index contributed by atoms with van der Waals surface area (Å²) >= 11 is 0. The third-order valence-corrected chi connectivity index (χ3v) is 1.29. The van der Waals surface area contributed by atoms with Crippen LogP contribution in [0.15, 0.2) is 12.4 Å².